The van der Waals surface area contributed by atoms with Gasteiger partial charge in [-0.1, -0.05) is 18.2 Å². The number of carbonyl (C=O) groups is 2. The number of aliphatic carboxylic acids is 2. The summed E-state index contributed by atoms with van der Waals surface area (Å²) in [6, 6.07) is 5.87. The first-order chi connectivity index (χ1) is 11.8. The molecule has 7 N–H and O–H groups in total. The zero-order valence-corrected chi connectivity index (χ0v) is 14.7. The highest BCUT2D eigenvalue weighted by Gasteiger charge is 2.60. The van der Waals surface area contributed by atoms with Crippen LogP contribution in [0.3, 0.4) is 0 Å². The van der Waals surface area contributed by atoms with Gasteiger partial charge in [-0.3, -0.25) is 18.7 Å². The fourth-order valence-corrected chi connectivity index (χ4v) is 4.87. The summed E-state index contributed by atoms with van der Waals surface area (Å²) in [5.74, 6) is -4.17. The van der Waals surface area contributed by atoms with Gasteiger partial charge >= 0.3 is 27.1 Å². The minimum atomic E-state index is -5.65. The summed E-state index contributed by atoms with van der Waals surface area (Å²) < 4.78 is 23.7. The summed E-state index contributed by atoms with van der Waals surface area (Å²) >= 11 is 0. The lowest BCUT2D eigenvalue weighted by molar-refractivity contribution is -0.142. The molecule has 0 spiro atoms. The minimum Gasteiger partial charge on any atom is -0.481 e. The molecule has 142 valence electrons. The van der Waals surface area contributed by atoms with Crippen LogP contribution < -0.4 is 0 Å². The molecule has 2 aromatic rings. The Kier molecular flexibility index (Phi) is 5.17. The zero-order chi connectivity index (χ0) is 19.9. The highest BCUT2D eigenvalue weighted by Crippen LogP contribution is 2.63. The van der Waals surface area contributed by atoms with Gasteiger partial charge in [0, 0.05) is 29.1 Å². The summed E-state index contributed by atoms with van der Waals surface area (Å²) in [7, 11) is -11.1. The minimum absolute atomic E-state index is 0.0769. The molecule has 0 saturated heterocycles. The lowest BCUT2D eigenvalue weighted by atomic mass is 9.92. The molecule has 0 radical (unpaired) electrons. The fourth-order valence-electron chi connectivity index (χ4n) is 2.76. The van der Waals surface area contributed by atoms with Gasteiger partial charge in [-0.2, -0.15) is 0 Å². The molecular formula is C13H15NO10P2. The van der Waals surface area contributed by atoms with Crippen molar-refractivity contribution in [1.29, 1.82) is 0 Å². The van der Waals surface area contributed by atoms with E-state index in [4.69, 9.17) is 5.11 Å². The smallest absolute Gasteiger partial charge is 0.347 e. The van der Waals surface area contributed by atoms with Crippen molar-refractivity contribution in [2.75, 3.05) is 0 Å². The number of carboxylic acid groups (broad SMARTS) is 2. The number of benzene rings is 1. The lowest BCUT2D eigenvalue weighted by Gasteiger charge is -2.32. The first-order valence-electron chi connectivity index (χ1n) is 6.96. The number of H-pyrrole nitrogens is 1. The van der Waals surface area contributed by atoms with Crippen LogP contribution in [0.25, 0.3) is 10.9 Å². The number of hydrogen-bond acceptors (Lipinski definition) is 4. The van der Waals surface area contributed by atoms with Crippen molar-refractivity contribution in [2.45, 2.75) is 17.2 Å². The van der Waals surface area contributed by atoms with Gasteiger partial charge in [0.1, 0.15) is 0 Å². The number of hydrogen-bond donors (Lipinski definition) is 7. The van der Waals surface area contributed by atoms with E-state index in [1.165, 1.54) is 18.2 Å². The average Bonchev–Trinajstić information content (AvgIpc) is 2.89. The second-order valence-electron chi connectivity index (χ2n) is 5.60. The van der Waals surface area contributed by atoms with Crippen LogP contribution in [0.15, 0.2) is 30.5 Å². The zero-order valence-electron chi connectivity index (χ0n) is 12.9. The third-order valence-electron chi connectivity index (χ3n) is 4.07. The molecule has 0 saturated carbocycles. The Bertz CT molecular complexity index is 957. The Hall–Kier alpha value is -2.00. The van der Waals surface area contributed by atoms with Crippen LogP contribution >= 0.6 is 15.2 Å². The largest absolute Gasteiger partial charge is 0.481 e. The maximum atomic E-state index is 12.2. The molecule has 1 aromatic carbocycles. The van der Waals surface area contributed by atoms with Gasteiger partial charge in [0.15, 0.2) is 10.8 Å². The average molecular weight is 407 g/mol. The van der Waals surface area contributed by atoms with Crippen LogP contribution in [0.4, 0.5) is 0 Å². The third kappa shape index (κ3) is 3.33. The summed E-state index contributed by atoms with van der Waals surface area (Å²) in [4.78, 5) is 63.9. The highest BCUT2D eigenvalue weighted by atomic mass is 31.2. The Morgan fingerprint density at radius 2 is 1.65 bits per heavy atom. The third-order valence-corrected chi connectivity index (χ3v) is 6.89. The number of para-hydroxylation sites is 1. The molecule has 11 nitrogen and oxygen atoms in total. The van der Waals surface area contributed by atoms with Crippen molar-refractivity contribution in [3.8, 4) is 0 Å². The predicted octanol–water partition coefficient (Wildman–Crippen LogP) is 0.646. The van der Waals surface area contributed by atoms with Crippen LogP contribution in [0.2, 0.25) is 0 Å². The maximum Gasteiger partial charge on any atom is 0.347 e. The number of rotatable bonds is 7. The van der Waals surface area contributed by atoms with Gasteiger partial charge in [-0.25, -0.2) is 0 Å². The van der Waals surface area contributed by atoms with Crippen molar-refractivity contribution in [2.24, 2.45) is 0 Å². The van der Waals surface area contributed by atoms with Crippen LogP contribution in [-0.4, -0.2) is 52.4 Å². The van der Waals surface area contributed by atoms with Gasteiger partial charge in [0.05, 0.1) is 0 Å². The predicted molar refractivity (Wildman–Crippen MR) is 87.7 cm³/mol. The summed E-state index contributed by atoms with van der Waals surface area (Å²) in [6.45, 7) is 0. The molecule has 0 aliphatic heterocycles. The van der Waals surface area contributed by atoms with Crippen LogP contribution in [0, 0.1) is 0 Å². The molecule has 0 aliphatic rings. The maximum absolute atomic E-state index is 12.2. The summed E-state index contributed by atoms with van der Waals surface area (Å²) in [5, 5.41) is 15.6. The Morgan fingerprint density at radius 1 is 1.08 bits per heavy atom. The van der Waals surface area contributed by atoms with Crippen molar-refractivity contribution < 1.29 is 48.5 Å². The molecular weight excluding hydrogens is 392 g/mol. The first-order valence-corrected chi connectivity index (χ1v) is 10.3. The molecule has 1 heterocycles. The Morgan fingerprint density at radius 3 is 2.12 bits per heavy atom. The van der Waals surface area contributed by atoms with Gasteiger partial charge in [-0.05, 0) is 6.07 Å². The van der Waals surface area contributed by atoms with E-state index >= 15 is 0 Å². The van der Waals surface area contributed by atoms with E-state index in [1.807, 2.05) is 0 Å². The Labute approximate surface area is 145 Å². The van der Waals surface area contributed by atoms with Gasteiger partial charge in [0.25, 0.3) is 0 Å². The van der Waals surface area contributed by atoms with Crippen molar-refractivity contribution in [3.63, 3.8) is 0 Å². The SMILES string of the molecule is O=C(O)C(CC(C(=O)O)(c1c[nH]c2ccccc12)P(=O)(O)O)P(=O)(O)O. The number of nitrogens with one attached hydrogen (secondary N) is 1. The van der Waals surface area contributed by atoms with E-state index < -0.39 is 49.9 Å². The molecule has 0 amide bonds. The second-order valence-corrected chi connectivity index (χ2v) is 9.26. The molecule has 2 rings (SSSR count). The monoisotopic (exact) mass is 407 g/mol. The van der Waals surface area contributed by atoms with Crippen LogP contribution in [0.1, 0.15) is 12.0 Å². The molecule has 0 fully saturated rings. The van der Waals surface area contributed by atoms with Crippen molar-refractivity contribution >= 4 is 38.0 Å². The molecule has 26 heavy (non-hydrogen) atoms. The van der Waals surface area contributed by atoms with E-state index in [1.54, 1.807) is 6.07 Å². The van der Waals surface area contributed by atoms with Crippen molar-refractivity contribution in [3.05, 3.63) is 36.0 Å². The molecule has 13 heteroatoms. The van der Waals surface area contributed by atoms with Crippen molar-refractivity contribution in [1.82, 2.24) is 4.98 Å². The summed E-state index contributed by atoms with van der Waals surface area (Å²) in [5.41, 5.74) is -2.78. The summed E-state index contributed by atoms with van der Waals surface area (Å²) in [6.07, 6.45) is -0.523. The molecule has 2 atom stereocenters. The fraction of sp³-hybridized carbons (Fsp3) is 0.231. The van der Waals surface area contributed by atoms with E-state index in [0.717, 1.165) is 6.20 Å². The van der Waals surface area contributed by atoms with E-state index in [0.29, 0.717) is 5.52 Å². The van der Waals surface area contributed by atoms with Gasteiger partial charge < -0.3 is 34.8 Å². The van der Waals surface area contributed by atoms with E-state index in [9.17, 15) is 43.4 Å². The number of aromatic amines is 1. The topological polar surface area (TPSA) is 205 Å². The molecule has 0 bridgehead atoms. The normalized spacial score (nSPS) is 16.2. The van der Waals surface area contributed by atoms with E-state index in [-0.39, 0.29) is 5.39 Å². The van der Waals surface area contributed by atoms with E-state index in [2.05, 4.69) is 4.98 Å². The molecule has 0 aliphatic carbocycles. The van der Waals surface area contributed by atoms with Crippen LogP contribution in [0.5, 0.6) is 0 Å². The quantitative estimate of drug-likeness (QED) is 0.319. The van der Waals surface area contributed by atoms with Gasteiger partial charge in [0.2, 0.25) is 0 Å². The highest BCUT2D eigenvalue weighted by molar-refractivity contribution is 7.55. The lowest BCUT2D eigenvalue weighted by Crippen LogP contribution is -2.41. The standard InChI is InChI=1S/C13H15NO10P2/c15-11(16)10(25(19,20)21)5-13(12(17)18,26(22,23)24)8-6-14-9-4-2-1-3-7(8)9/h1-4,6,10,14H,5H2,(H,15,16)(H,17,18)(H2,19,20,21)(H2,22,23,24). The number of fused-ring (bicyclic) bond motifs is 1. The number of carboxylic acids is 2. The number of aromatic nitrogens is 1. The van der Waals surface area contributed by atoms with Gasteiger partial charge in [-0.15, -0.1) is 0 Å². The second kappa shape index (κ2) is 6.62. The first kappa shape index (κ1) is 20.3. The molecule has 2 unspecified atom stereocenters. The van der Waals surface area contributed by atoms with Crippen LogP contribution in [-0.2, 0) is 23.9 Å². The molecule has 1 aromatic heterocycles. The Balaban J connectivity index is 2.84.